The van der Waals surface area contributed by atoms with E-state index < -0.39 is 10.0 Å². The monoisotopic (exact) mass is 253 g/mol. The molecule has 0 aromatic carbocycles. The Morgan fingerprint density at radius 2 is 2.38 bits per heavy atom. The van der Waals surface area contributed by atoms with Gasteiger partial charge in [-0.05, 0) is 17.7 Å². The van der Waals surface area contributed by atoms with E-state index in [0.29, 0.717) is 0 Å². The molecule has 0 saturated heterocycles. The average Bonchev–Trinajstić information content (AvgIpc) is 2.55. The molecular formula is C6H7NO2S4. The van der Waals surface area contributed by atoms with Gasteiger partial charge in [0.1, 0.15) is 8.53 Å². The quantitative estimate of drug-likeness (QED) is 0.815. The molecule has 1 N–H and O–H groups in total. The fraction of sp³-hybridized carbons (Fsp3) is 0.167. The van der Waals surface area contributed by atoms with Crippen LogP contribution in [0.3, 0.4) is 0 Å². The van der Waals surface area contributed by atoms with Crippen molar-refractivity contribution in [2.24, 2.45) is 0 Å². The first-order valence-corrected chi connectivity index (χ1v) is 7.20. The zero-order valence-electron chi connectivity index (χ0n) is 6.68. The summed E-state index contributed by atoms with van der Waals surface area (Å²) in [4.78, 5) is 0. The molecule has 0 aliphatic heterocycles. The number of rotatable bonds is 2. The molecule has 7 heteroatoms. The van der Waals surface area contributed by atoms with Crippen molar-refractivity contribution in [3.63, 3.8) is 0 Å². The van der Waals surface area contributed by atoms with Gasteiger partial charge in [0.15, 0.2) is 0 Å². The van der Waals surface area contributed by atoms with E-state index in [1.807, 2.05) is 0 Å². The molecule has 1 rings (SSSR count). The Morgan fingerprint density at radius 3 is 2.85 bits per heavy atom. The van der Waals surface area contributed by atoms with Crippen molar-refractivity contribution in [3.8, 4) is 0 Å². The Bertz CT molecular complexity index is 381. The van der Waals surface area contributed by atoms with Crippen molar-refractivity contribution < 1.29 is 8.42 Å². The maximum Gasteiger partial charge on any atom is 0.272 e. The van der Waals surface area contributed by atoms with E-state index in [0.717, 1.165) is 11.3 Å². The predicted molar refractivity (Wildman–Crippen MR) is 60.8 cm³/mol. The van der Waals surface area contributed by atoms with Crippen LogP contribution in [0, 0.1) is 0 Å². The van der Waals surface area contributed by atoms with Crippen LogP contribution in [0.4, 0.5) is 0 Å². The first kappa shape index (κ1) is 11.0. The van der Waals surface area contributed by atoms with E-state index in [1.165, 1.54) is 17.8 Å². The van der Waals surface area contributed by atoms with Gasteiger partial charge < -0.3 is 0 Å². The van der Waals surface area contributed by atoms with Crippen LogP contribution in [-0.2, 0) is 10.0 Å². The SMILES string of the molecule is CSC(=S)NS(=O)(=O)c1cccs1. The van der Waals surface area contributed by atoms with Crippen molar-refractivity contribution in [1.82, 2.24) is 4.72 Å². The second-order valence-corrected chi connectivity index (χ2v) is 6.37. The van der Waals surface area contributed by atoms with Crippen molar-refractivity contribution in [2.45, 2.75) is 4.21 Å². The zero-order valence-corrected chi connectivity index (χ0v) is 9.95. The van der Waals surface area contributed by atoms with Gasteiger partial charge in [0.25, 0.3) is 10.0 Å². The lowest BCUT2D eigenvalue weighted by Gasteiger charge is -2.03. The third-order valence-electron chi connectivity index (χ3n) is 1.16. The topological polar surface area (TPSA) is 46.2 Å². The standard InChI is InChI=1S/C6H7NO2S4/c1-11-6(10)7-13(8,9)5-3-2-4-12-5/h2-4H,1H3,(H,7,10). The molecule has 0 fully saturated rings. The molecule has 0 aliphatic rings. The summed E-state index contributed by atoms with van der Waals surface area (Å²) in [6, 6.07) is 3.22. The summed E-state index contributed by atoms with van der Waals surface area (Å²) in [5.74, 6) is 0. The Balaban J connectivity index is 2.86. The predicted octanol–water partition coefficient (Wildman–Crippen LogP) is 1.67. The molecule has 72 valence electrons. The molecule has 0 unspecified atom stereocenters. The summed E-state index contributed by atoms with van der Waals surface area (Å²) < 4.78 is 25.7. The number of thioether (sulfide) groups is 1. The molecule has 0 spiro atoms. The van der Waals surface area contributed by atoms with Gasteiger partial charge in [-0.15, -0.1) is 11.3 Å². The Hall–Kier alpha value is -0.110. The van der Waals surface area contributed by atoms with Gasteiger partial charge in [0.05, 0.1) is 0 Å². The van der Waals surface area contributed by atoms with Gasteiger partial charge in [-0.25, -0.2) is 8.42 Å². The van der Waals surface area contributed by atoms with E-state index in [9.17, 15) is 8.42 Å². The van der Waals surface area contributed by atoms with Gasteiger partial charge in [-0.3, -0.25) is 4.72 Å². The fourth-order valence-corrected chi connectivity index (χ4v) is 3.43. The van der Waals surface area contributed by atoms with E-state index in [1.54, 1.807) is 17.7 Å². The minimum atomic E-state index is -3.42. The second kappa shape index (κ2) is 4.41. The molecule has 1 aromatic heterocycles. The van der Waals surface area contributed by atoms with Crippen LogP contribution in [-0.4, -0.2) is 19.0 Å². The van der Waals surface area contributed by atoms with E-state index in [2.05, 4.69) is 4.72 Å². The summed E-state index contributed by atoms with van der Waals surface area (Å²) in [6.45, 7) is 0. The first-order valence-electron chi connectivity index (χ1n) is 3.20. The minimum Gasteiger partial charge on any atom is -0.264 e. The molecule has 0 amide bonds. The summed E-state index contributed by atoms with van der Waals surface area (Å²) in [5.41, 5.74) is 0. The van der Waals surface area contributed by atoms with Gasteiger partial charge in [0.2, 0.25) is 0 Å². The van der Waals surface area contributed by atoms with Gasteiger partial charge in [0, 0.05) is 0 Å². The highest BCUT2D eigenvalue weighted by molar-refractivity contribution is 8.23. The summed E-state index contributed by atoms with van der Waals surface area (Å²) >= 11 is 7.11. The highest BCUT2D eigenvalue weighted by Gasteiger charge is 2.15. The van der Waals surface area contributed by atoms with E-state index in [-0.39, 0.29) is 8.53 Å². The third kappa shape index (κ3) is 2.94. The highest BCUT2D eigenvalue weighted by Crippen LogP contribution is 2.15. The lowest BCUT2D eigenvalue weighted by atomic mass is 10.7. The van der Waals surface area contributed by atoms with Crippen LogP contribution in [0.5, 0.6) is 0 Å². The van der Waals surface area contributed by atoms with Crippen molar-refractivity contribution >= 4 is 49.7 Å². The largest absolute Gasteiger partial charge is 0.272 e. The molecule has 0 atom stereocenters. The molecule has 1 heterocycles. The Morgan fingerprint density at radius 1 is 1.69 bits per heavy atom. The van der Waals surface area contributed by atoms with Gasteiger partial charge in [-0.1, -0.05) is 30.0 Å². The van der Waals surface area contributed by atoms with Crippen LogP contribution < -0.4 is 4.72 Å². The minimum absolute atomic E-state index is 0.258. The number of nitrogens with one attached hydrogen (secondary N) is 1. The number of thiophene rings is 1. The van der Waals surface area contributed by atoms with Gasteiger partial charge in [-0.2, -0.15) is 0 Å². The van der Waals surface area contributed by atoms with E-state index >= 15 is 0 Å². The molecule has 0 bridgehead atoms. The molecule has 0 aliphatic carbocycles. The number of hydrogen-bond acceptors (Lipinski definition) is 5. The maximum atomic E-state index is 11.5. The summed E-state index contributed by atoms with van der Waals surface area (Å²) in [7, 11) is -3.42. The van der Waals surface area contributed by atoms with Crippen molar-refractivity contribution in [1.29, 1.82) is 0 Å². The number of thiocarbonyl (C=S) groups is 1. The van der Waals surface area contributed by atoms with Crippen LogP contribution in [0.15, 0.2) is 21.7 Å². The van der Waals surface area contributed by atoms with Crippen molar-refractivity contribution in [3.05, 3.63) is 17.5 Å². The van der Waals surface area contributed by atoms with Crippen molar-refractivity contribution in [2.75, 3.05) is 6.26 Å². The summed E-state index contributed by atoms with van der Waals surface area (Å²) in [6.07, 6.45) is 1.72. The molecule has 0 saturated carbocycles. The smallest absolute Gasteiger partial charge is 0.264 e. The van der Waals surface area contributed by atoms with Crippen LogP contribution in [0.2, 0.25) is 0 Å². The molecular weight excluding hydrogens is 246 g/mol. The van der Waals surface area contributed by atoms with Crippen LogP contribution >= 0.6 is 35.3 Å². The Labute approximate surface area is 90.6 Å². The number of sulfonamides is 1. The molecule has 3 nitrogen and oxygen atoms in total. The maximum absolute atomic E-state index is 11.5. The molecule has 13 heavy (non-hydrogen) atoms. The fourth-order valence-electron chi connectivity index (χ4n) is 0.618. The lowest BCUT2D eigenvalue weighted by Crippen LogP contribution is -2.26. The zero-order chi connectivity index (χ0) is 9.90. The second-order valence-electron chi connectivity index (χ2n) is 2.03. The van der Waals surface area contributed by atoms with E-state index in [4.69, 9.17) is 12.2 Å². The lowest BCUT2D eigenvalue weighted by molar-refractivity contribution is 0.595. The highest BCUT2D eigenvalue weighted by atomic mass is 32.2. The van der Waals surface area contributed by atoms with Gasteiger partial charge >= 0.3 is 0 Å². The summed E-state index contributed by atoms with van der Waals surface area (Å²) in [5, 5.41) is 1.71. The normalized spacial score (nSPS) is 11.2. The van der Waals surface area contributed by atoms with Crippen LogP contribution in [0.25, 0.3) is 0 Å². The number of hydrogen-bond donors (Lipinski definition) is 1. The average molecular weight is 253 g/mol. The first-order chi connectivity index (χ1) is 6.06. The Kier molecular flexibility index (Phi) is 3.72. The molecule has 1 aromatic rings. The molecule has 0 radical (unpaired) electrons. The van der Waals surface area contributed by atoms with Crippen LogP contribution in [0.1, 0.15) is 0 Å². The third-order valence-corrected chi connectivity index (χ3v) is 5.24.